The van der Waals surface area contributed by atoms with Gasteiger partial charge in [-0.1, -0.05) is 30.7 Å². The molecule has 1 aromatic heterocycles. The van der Waals surface area contributed by atoms with Crippen LogP contribution in [0.4, 0.5) is 0 Å². The molecule has 0 unspecified atom stereocenters. The van der Waals surface area contributed by atoms with Gasteiger partial charge in [-0.25, -0.2) is 4.98 Å². The first-order chi connectivity index (χ1) is 8.10. The Morgan fingerprint density at radius 1 is 1.24 bits per heavy atom. The monoisotopic (exact) mass is 228 g/mol. The minimum Gasteiger partial charge on any atom is -0.307 e. The Hall–Kier alpha value is -1.90. The van der Waals surface area contributed by atoms with Crippen molar-refractivity contribution in [1.29, 1.82) is 0 Å². The first-order valence-corrected chi connectivity index (χ1v) is 5.78. The average Bonchev–Trinajstić information content (AvgIpc) is 2.28. The Morgan fingerprint density at radius 2 is 2.00 bits per heavy atom. The fraction of sp³-hybridized carbons (Fsp3) is 0.286. The molecule has 2 rings (SSSR count). The molecule has 0 spiro atoms. The summed E-state index contributed by atoms with van der Waals surface area (Å²) in [5.41, 5.74) is 4.06. The molecule has 0 aliphatic rings. The number of benzene rings is 1. The fourth-order valence-corrected chi connectivity index (χ4v) is 1.90. The van der Waals surface area contributed by atoms with Gasteiger partial charge in [0.25, 0.3) is 5.56 Å². The molecular formula is C14H16N2O. The van der Waals surface area contributed by atoms with Crippen molar-refractivity contribution >= 4 is 0 Å². The van der Waals surface area contributed by atoms with Crippen molar-refractivity contribution in [1.82, 2.24) is 9.97 Å². The highest BCUT2D eigenvalue weighted by Crippen LogP contribution is 2.20. The summed E-state index contributed by atoms with van der Waals surface area (Å²) in [7, 11) is 0. The summed E-state index contributed by atoms with van der Waals surface area (Å²) in [6, 6.07) is 7.67. The molecule has 0 amide bonds. The molecule has 3 nitrogen and oxygen atoms in total. The molecule has 0 aliphatic heterocycles. The number of nitrogens with one attached hydrogen (secondary N) is 1. The van der Waals surface area contributed by atoms with Crippen molar-refractivity contribution in [3.8, 4) is 11.4 Å². The summed E-state index contributed by atoms with van der Waals surface area (Å²) in [6.45, 7) is 6.07. The van der Waals surface area contributed by atoms with Gasteiger partial charge in [-0.2, -0.15) is 0 Å². The summed E-state index contributed by atoms with van der Waals surface area (Å²) >= 11 is 0. The third-order valence-corrected chi connectivity index (χ3v) is 2.79. The molecule has 0 bridgehead atoms. The lowest BCUT2D eigenvalue weighted by Gasteiger charge is -2.07. The maximum Gasteiger partial charge on any atom is 0.251 e. The van der Waals surface area contributed by atoms with Gasteiger partial charge in [0.15, 0.2) is 0 Å². The largest absolute Gasteiger partial charge is 0.307 e. The van der Waals surface area contributed by atoms with Crippen molar-refractivity contribution < 1.29 is 0 Å². The van der Waals surface area contributed by atoms with E-state index in [1.807, 2.05) is 26.0 Å². The van der Waals surface area contributed by atoms with Gasteiger partial charge >= 0.3 is 0 Å². The van der Waals surface area contributed by atoms with Crippen molar-refractivity contribution in [2.24, 2.45) is 0 Å². The van der Waals surface area contributed by atoms with Crippen molar-refractivity contribution in [2.45, 2.75) is 27.2 Å². The second-order valence-corrected chi connectivity index (χ2v) is 4.26. The Morgan fingerprint density at radius 3 is 2.65 bits per heavy atom. The van der Waals surface area contributed by atoms with E-state index < -0.39 is 0 Å². The number of aromatic amines is 1. The van der Waals surface area contributed by atoms with E-state index in [0.717, 1.165) is 23.2 Å². The first-order valence-electron chi connectivity index (χ1n) is 5.78. The van der Waals surface area contributed by atoms with Crippen LogP contribution >= 0.6 is 0 Å². The smallest absolute Gasteiger partial charge is 0.251 e. The quantitative estimate of drug-likeness (QED) is 0.858. The van der Waals surface area contributed by atoms with E-state index in [0.29, 0.717) is 5.82 Å². The molecule has 2 aromatic rings. The minimum atomic E-state index is -0.0909. The zero-order chi connectivity index (χ0) is 12.4. The maximum atomic E-state index is 11.5. The van der Waals surface area contributed by atoms with Crippen LogP contribution in [0.25, 0.3) is 11.4 Å². The Labute approximate surface area is 101 Å². The lowest BCUT2D eigenvalue weighted by atomic mass is 10.1. The van der Waals surface area contributed by atoms with Crippen LogP contribution in [0, 0.1) is 13.8 Å². The predicted octanol–water partition coefficient (Wildman–Crippen LogP) is 2.62. The van der Waals surface area contributed by atoms with E-state index in [4.69, 9.17) is 0 Å². The molecule has 0 atom stereocenters. The molecule has 0 aliphatic carbocycles. The zero-order valence-electron chi connectivity index (χ0n) is 10.4. The van der Waals surface area contributed by atoms with Gasteiger partial charge < -0.3 is 4.98 Å². The molecule has 3 heteroatoms. The van der Waals surface area contributed by atoms with Gasteiger partial charge in [0.05, 0.1) is 0 Å². The molecule has 0 fully saturated rings. The topological polar surface area (TPSA) is 45.8 Å². The number of hydrogen-bond donors (Lipinski definition) is 1. The van der Waals surface area contributed by atoms with Crippen LogP contribution < -0.4 is 5.56 Å². The Bertz CT molecular complexity index is 599. The second kappa shape index (κ2) is 4.53. The SMILES string of the molecule is CCc1cc(=O)[nH]c(-c2ccc(C)cc2C)n1. The highest BCUT2D eigenvalue weighted by atomic mass is 16.1. The van der Waals surface area contributed by atoms with Crippen LogP contribution in [0.2, 0.25) is 0 Å². The number of nitrogens with zero attached hydrogens (tertiary/aromatic N) is 1. The van der Waals surface area contributed by atoms with Gasteiger partial charge in [0.1, 0.15) is 5.82 Å². The van der Waals surface area contributed by atoms with E-state index in [2.05, 4.69) is 23.0 Å². The predicted molar refractivity (Wildman–Crippen MR) is 69.1 cm³/mol. The number of aromatic nitrogens is 2. The van der Waals surface area contributed by atoms with Crippen LogP contribution in [0.1, 0.15) is 23.7 Å². The minimum absolute atomic E-state index is 0.0909. The van der Waals surface area contributed by atoms with E-state index in [-0.39, 0.29) is 5.56 Å². The van der Waals surface area contributed by atoms with Gasteiger partial charge in [-0.05, 0) is 25.8 Å². The lowest BCUT2D eigenvalue weighted by molar-refractivity contribution is 0.985. The molecule has 0 saturated carbocycles. The third-order valence-electron chi connectivity index (χ3n) is 2.79. The number of hydrogen-bond acceptors (Lipinski definition) is 2. The standard InChI is InChI=1S/C14H16N2O/c1-4-11-8-13(17)16-14(15-11)12-6-5-9(2)7-10(12)3/h5-8H,4H2,1-3H3,(H,15,16,17). The summed E-state index contributed by atoms with van der Waals surface area (Å²) in [6.07, 6.45) is 0.766. The van der Waals surface area contributed by atoms with Gasteiger partial charge in [-0.15, -0.1) is 0 Å². The second-order valence-electron chi connectivity index (χ2n) is 4.26. The van der Waals surface area contributed by atoms with Gasteiger partial charge in [-0.3, -0.25) is 4.79 Å². The Kier molecular flexibility index (Phi) is 3.09. The number of H-pyrrole nitrogens is 1. The molecule has 17 heavy (non-hydrogen) atoms. The van der Waals surface area contributed by atoms with Gasteiger partial charge in [0, 0.05) is 17.3 Å². The van der Waals surface area contributed by atoms with Crippen molar-refractivity contribution in [3.05, 3.63) is 51.4 Å². The molecule has 0 saturated heterocycles. The molecular weight excluding hydrogens is 212 g/mol. The van der Waals surface area contributed by atoms with Crippen LogP contribution in [0.15, 0.2) is 29.1 Å². The van der Waals surface area contributed by atoms with Gasteiger partial charge in [0.2, 0.25) is 0 Å². The van der Waals surface area contributed by atoms with Crippen molar-refractivity contribution in [2.75, 3.05) is 0 Å². The van der Waals surface area contributed by atoms with Crippen LogP contribution in [0.5, 0.6) is 0 Å². The fourth-order valence-electron chi connectivity index (χ4n) is 1.90. The van der Waals surface area contributed by atoms with E-state index in [1.165, 1.54) is 5.56 Å². The Balaban J connectivity index is 2.60. The zero-order valence-corrected chi connectivity index (χ0v) is 10.4. The molecule has 1 heterocycles. The van der Waals surface area contributed by atoms with Crippen LogP contribution in [-0.2, 0) is 6.42 Å². The molecule has 88 valence electrons. The summed E-state index contributed by atoms with van der Waals surface area (Å²) in [4.78, 5) is 18.8. The average molecular weight is 228 g/mol. The van der Waals surface area contributed by atoms with E-state index in [9.17, 15) is 4.79 Å². The molecule has 1 N–H and O–H groups in total. The first kappa shape index (κ1) is 11.6. The van der Waals surface area contributed by atoms with E-state index >= 15 is 0 Å². The summed E-state index contributed by atoms with van der Waals surface area (Å²) in [5.74, 6) is 0.659. The van der Waals surface area contributed by atoms with Crippen LogP contribution in [0.3, 0.4) is 0 Å². The normalized spacial score (nSPS) is 10.5. The maximum absolute atomic E-state index is 11.5. The third kappa shape index (κ3) is 2.44. The lowest BCUT2D eigenvalue weighted by Crippen LogP contribution is -2.10. The summed E-state index contributed by atoms with van der Waals surface area (Å²) in [5, 5.41) is 0. The highest BCUT2D eigenvalue weighted by molar-refractivity contribution is 5.60. The number of aryl methyl sites for hydroxylation is 3. The summed E-state index contributed by atoms with van der Waals surface area (Å²) < 4.78 is 0. The van der Waals surface area contributed by atoms with E-state index in [1.54, 1.807) is 6.07 Å². The highest BCUT2D eigenvalue weighted by Gasteiger charge is 2.06. The van der Waals surface area contributed by atoms with Crippen molar-refractivity contribution in [3.63, 3.8) is 0 Å². The van der Waals surface area contributed by atoms with Crippen LogP contribution in [-0.4, -0.2) is 9.97 Å². The number of rotatable bonds is 2. The molecule has 0 radical (unpaired) electrons. The molecule has 1 aromatic carbocycles.